The van der Waals surface area contributed by atoms with Gasteiger partial charge in [-0.2, -0.15) is 9.29 Å². The number of nitrogens with one attached hydrogen (secondary N) is 1. The molecule has 0 unspecified atom stereocenters. The lowest BCUT2D eigenvalue weighted by Gasteiger charge is -2.33. The predicted molar refractivity (Wildman–Crippen MR) is 126 cm³/mol. The van der Waals surface area contributed by atoms with Crippen LogP contribution in [0.1, 0.15) is 11.4 Å². The van der Waals surface area contributed by atoms with Crippen molar-refractivity contribution < 1.29 is 13.3 Å². The van der Waals surface area contributed by atoms with Gasteiger partial charge in [-0.05, 0) is 36.0 Å². The molecule has 2 aromatic carbocycles. The van der Waals surface area contributed by atoms with Gasteiger partial charge in [0.1, 0.15) is 5.82 Å². The highest BCUT2D eigenvalue weighted by molar-refractivity contribution is 7.89. The number of rotatable bonds is 7. The summed E-state index contributed by atoms with van der Waals surface area (Å²) in [6, 6.07) is 14.8. The lowest BCUT2D eigenvalue weighted by Crippen LogP contribution is -2.48. The molecule has 10 nitrogen and oxygen atoms in total. The van der Waals surface area contributed by atoms with Gasteiger partial charge in [0.2, 0.25) is 14.8 Å². The number of sulfonamides is 1. The van der Waals surface area contributed by atoms with E-state index in [1.807, 2.05) is 42.5 Å². The topological polar surface area (TPSA) is 117 Å². The Bertz CT molecular complexity index is 1310. The Morgan fingerprint density at radius 1 is 1.03 bits per heavy atom. The number of aromatic amines is 1. The van der Waals surface area contributed by atoms with Crippen LogP contribution in [-0.4, -0.2) is 63.5 Å². The van der Waals surface area contributed by atoms with E-state index < -0.39 is 14.9 Å². The number of nitro groups is 1. The molecule has 0 amide bonds. The third-order valence-corrected chi connectivity index (χ3v) is 7.51. The van der Waals surface area contributed by atoms with Crippen molar-refractivity contribution in [3.05, 3.63) is 80.9 Å². The van der Waals surface area contributed by atoms with Crippen LogP contribution in [0.4, 0.5) is 5.69 Å². The lowest BCUT2D eigenvalue weighted by molar-refractivity contribution is -0.384. The second-order valence-electron chi connectivity index (χ2n) is 7.48. The van der Waals surface area contributed by atoms with Crippen molar-refractivity contribution in [2.75, 3.05) is 26.2 Å². The van der Waals surface area contributed by atoms with E-state index in [1.54, 1.807) is 4.68 Å². The minimum Gasteiger partial charge on any atom is -0.282 e. The monoisotopic (exact) mass is 486 g/mol. The van der Waals surface area contributed by atoms with Gasteiger partial charge < -0.3 is 0 Å². The first-order valence-corrected chi connectivity index (χ1v) is 12.0. The maximum Gasteiger partial charge on any atom is 0.269 e. The molecule has 2 heterocycles. The number of nitro benzene ring substituents is 1. The second-order valence-corrected chi connectivity index (χ2v) is 9.78. The van der Waals surface area contributed by atoms with Crippen LogP contribution in [0.3, 0.4) is 0 Å². The summed E-state index contributed by atoms with van der Waals surface area (Å²) in [7, 11) is -3.71. The molecule has 3 aromatic rings. The molecule has 1 aliphatic rings. The number of nitrogens with zero attached hydrogens (tertiary/aromatic N) is 5. The highest BCUT2D eigenvalue weighted by Crippen LogP contribution is 2.21. The quantitative estimate of drug-likeness (QED) is 0.310. The Kier molecular flexibility index (Phi) is 6.79. The second kappa shape index (κ2) is 9.75. The zero-order chi connectivity index (χ0) is 23.4. The highest BCUT2D eigenvalue weighted by atomic mass is 32.2. The number of hydrogen-bond donors (Lipinski definition) is 1. The standard InChI is InChI=1S/C21H22N6O4S2/c28-27(29)18-7-9-19(10-8-18)33(30,31)25-14-12-24(13-15-25)16-26-21(32)22-20(23-26)11-6-17-4-2-1-3-5-17/h1-11H,12-16H2,(H,22,23,32)/b11-6+. The SMILES string of the molecule is O=[N+]([O-])c1ccc(S(=O)(=O)N2CCN(Cn3[nH]c(/C=C/c4ccccc4)nc3=S)CC2)cc1. The summed E-state index contributed by atoms with van der Waals surface area (Å²) in [5.41, 5.74) is 0.907. The molecule has 1 N–H and O–H groups in total. The van der Waals surface area contributed by atoms with Crippen LogP contribution >= 0.6 is 12.2 Å². The van der Waals surface area contributed by atoms with Crippen molar-refractivity contribution in [2.45, 2.75) is 11.6 Å². The summed E-state index contributed by atoms with van der Waals surface area (Å²) < 4.78 is 29.3. The summed E-state index contributed by atoms with van der Waals surface area (Å²) in [4.78, 5) is 16.7. The van der Waals surface area contributed by atoms with Crippen LogP contribution in [0, 0.1) is 14.9 Å². The van der Waals surface area contributed by atoms with Crippen LogP contribution in [-0.2, 0) is 16.7 Å². The zero-order valence-electron chi connectivity index (χ0n) is 17.6. The molecule has 0 spiro atoms. The number of piperazine rings is 1. The molecule has 1 aliphatic heterocycles. The molecule has 0 radical (unpaired) electrons. The highest BCUT2D eigenvalue weighted by Gasteiger charge is 2.29. The lowest BCUT2D eigenvalue weighted by atomic mass is 10.2. The van der Waals surface area contributed by atoms with E-state index in [2.05, 4.69) is 15.0 Å². The van der Waals surface area contributed by atoms with Crippen LogP contribution in [0.5, 0.6) is 0 Å². The van der Waals surface area contributed by atoms with E-state index in [0.29, 0.717) is 43.4 Å². The van der Waals surface area contributed by atoms with Crippen molar-refractivity contribution >= 4 is 40.1 Å². The predicted octanol–water partition coefficient (Wildman–Crippen LogP) is 2.98. The maximum absolute atomic E-state index is 12.9. The van der Waals surface area contributed by atoms with Crippen molar-refractivity contribution in [2.24, 2.45) is 0 Å². The van der Waals surface area contributed by atoms with Gasteiger partial charge in [0.15, 0.2) is 0 Å². The molecular formula is C21H22N6O4S2. The molecule has 0 saturated carbocycles. The normalized spacial score (nSPS) is 15.8. The Hall–Kier alpha value is -3.19. The Morgan fingerprint density at radius 2 is 1.70 bits per heavy atom. The summed E-state index contributed by atoms with van der Waals surface area (Å²) >= 11 is 5.35. The third-order valence-electron chi connectivity index (χ3n) is 5.29. The number of non-ortho nitro benzene ring substituents is 1. The van der Waals surface area contributed by atoms with E-state index in [-0.39, 0.29) is 10.6 Å². The fourth-order valence-electron chi connectivity index (χ4n) is 3.48. The molecule has 172 valence electrons. The van der Waals surface area contributed by atoms with Gasteiger partial charge in [-0.3, -0.25) is 20.1 Å². The number of hydrogen-bond acceptors (Lipinski definition) is 7. The minimum atomic E-state index is -3.71. The van der Waals surface area contributed by atoms with Crippen molar-refractivity contribution in [1.82, 2.24) is 24.0 Å². The molecule has 1 aromatic heterocycles. The van der Waals surface area contributed by atoms with Crippen molar-refractivity contribution in [3.8, 4) is 0 Å². The average molecular weight is 487 g/mol. The van der Waals surface area contributed by atoms with Gasteiger partial charge in [0, 0.05) is 38.3 Å². The van der Waals surface area contributed by atoms with E-state index >= 15 is 0 Å². The number of benzene rings is 2. The van der Waals surface area contributed by atoms with Crippen LogP contribution < -0.4 is 0 Å². The van der Waals surface area contributed by atoms with Crippen molar-refractivity contribution in [1.29, 1.82) is 0 Å². The molecule has 0 bridgehead atoms. The van der Waals surface area contributed by atoms with Gasteiger partial charge in [-0.15, -0.1) is 0 Å². The molecule has 0 aliphatic carbocycles. The van der Waals surface area contributed by atoms with Crippen LogP contribution in [0.15, 0.2) is 59.5 Å². The molecule has 12 heteroatoms. The Labute approximate surface area is 196 Å². The summed E-state index contributed by atoms with van der Waals surface area (Å²) in [6.07, 6.45) is 3.80. The minimum absolute atomic E-state index is 0.0483. The largest absolute Gasteiger partial charge is 0.282 e. The molecule has 1 fully saturated rings. The van der Waals surface area contributed by atoms with Gasteiger partial charge in [0.25, 0.3) is 5.69 Å². The molecule has 4 rings (SSSR count). The molecular weight excluding hydrogens is 464 g/mol. The summed E-state index contributed by atoms with van der Waals surface area (Å²) in [6.45, 7) is 2.11. The molecule has 1 saturated heterocycles. The number of aromatic nitrogens is 3. The number of H-pyrrole nitrogens is 1. The fourth-order valence-corrected chi connectivity index (χ4v) is 5.11. The first kappa shape index (κ1) is 23.0. The summed E-state index contributed by atoms with van der Waals surface area (Å²) in [5, 5.41) is 14.0. The smallest absolute Gasteiger partial charge is 0.269 e. The first-order chi connectivity index (χ1) is 15.8. The van der Waals surface area contributed by atoms with Gasteiger partial charge in [-0.25, -0.2) is 13.1 Å². The van der Waals surface area contributed by atoms with E-state index in [9.17, 15) is 18.5 Å². The van der Waals surface area contributed by atoms with E-state index in [4.69, 9.17) is 12.2 Å². The van der Waals surface area contributed by atoms with Crippen LogP contribution in [0.25, 0.3) is 12.2 Å². The maximum atomic E-state index is 12.9. The third kappa shape index (κ3) is 5.42. The molecule has 33 heavy (non-hydrogen) atoms. The van der Waals surface area contributed by atoms with Crippen LogP contribution in [0.2, 0.25) is 0 Å². The fraction of sp³-hybridized carbons (Fsp3) is 0.238. The molecule has 0 atom stereocenters. The van der Waals surface area contributed by atoms with Gasteiger partial charge in [0.05, 0.1) is 16.5 Å². The Morgan fingerprint density at radius 3 is 2.33 bits per heavy atom. The first-order valence-electron chi connectivity index (χ1n) is 10.2. The van der Waals surface area contributed by atoms with Gasteiger partial charge >= 0.3 is 0 Å². The zero-order valence-corrected chi connectivity index (χ0v) is 19.2. The van der Waals surface area contributed by atoms with Crippen molar-refractivity contribution in [3.63, 3.8) is 0 Å². The summed E-state index contributed by atoms with van der Waals surface area (Å²) in [5.74, 6) is 0.642. The van der Waals surface area contributed by atoms with Gasteiger partial charge in [-0.1, -0.05) is 36.4 Å². The Balaban J connectivity index is 1.36. The van der Waals surface area contributed by atoms with E-state index in [0.717, 1.165) is 5.56 Å². The van der Waals surface area contributed by atoms with E-state index in [1.165, 1.54) is 28.6 Å². The average Bonchev–Trinajstić information content (AvgIpc) is 3.17.